The van der Waals surface area contributed by atoms with E-state index in [4.69, 9.17) is 9.47 Å². The smallest absolute Gasteiger partial charge is 0.225 e. The van der Waals surface area contributed by atoms with Gasteiger partial charge in [-0.2, -0.15) is 4.98 Å². The molecule has 6 nitrogen and oxygen atoms in total. The molecule has 0 unspecified atom stereocenters. The molecule has 6 heteroatoms. The first-order chi connectivity index (χ1) is 10.8. The van der Waals surface area contributed by atoms with Gasteiger partial charge in [-0.05, 0) is 0 Å². The van der Waals surface area contributed by atoms with Crippen LogP contribution in [0.3, 0.4) is 0 Å². The predicted octanol–water partition coefficient (Wildman–Crippen LogP) is 2.26. The summed E-state index contributed by atoms with van der Waals surface area (Å²) in [7, 11) is 3.34. The van der Waals surface area contributed by atoms with Gasteiger partial charge in [-0.25, -0.2) is 4.98 Å². The van der Waals surface area contributed by atoms with Gasteiger partial charge in [-0.3, -0.25) is 0 Å². The Balaban J connectivity index is 2.19. The number of ether oxygens (including phenoxy) is 2. The Morgan fingerprint density at radius 1 is 0.909 bits per heavy atom. The van der Waals surface area contributed by atoms with Crippen molar-refractivity contribution in [2.75, 3.05) is 51.2 Å². The number of rotatable bonds is 9. The highest BCUT2D eigenvalue weighted by Gasteiger charge is 2.06. The maximum Gasteiger partial charge on any atom is 0.225 e. The summed E-state index contributed by atoms with van der Waals surface area (Å²) in [5, 5.41) is 6.41. The molecule has 0 aliphatic carbocycles. The van der Waals surface area contributed by atoms with Crippen LogP contribution in [0.15, 0.2) is 36.4 Å². The Hall–Kier alpha value is -2.18. The first-order valence-electron chi connectivity index (χ1n) is 7.23. The lowest BCUT2D eigenvalue weighted by Crippen LogP contribution is -2.13. The summed E-state index contributed by atoms with van der Waals surface area (Å²) < 4.78 is 10.1. The van der Waals surface area contributed by atoms with Crippen molar-refractivity contribution >= 4 is 11.8 Å². The third-order valence-electron chi connectivity index (χ3n) is 3.00. The van der Waals surface area contributed by atoms with Gasteiger partial charge in [0.05, 0.1) is 18.9 Å². The van der Waals surface area contributed by atoms with Crippen LogP contribution in [-0.4, -0.2) is 50.5 Å². The van der Waals surface area contributed by atoms with Crippen molar-refractivity contribution in [1.82, 2.24) is 9.97 Å². The van der Waals surface area contributed by atoms with Crippen LogP contribution >= 0.6 is 0 Å². The van der Waals surface area contributed by atoms with Gasteiger partial charge in [-0.1, -0.05) is 30.3 Å². The number of anilines is 2. The maximum absolute atomic E-state index is 5.05. The topological polar surface area (TPSA) is 68.3 Å². The van der Waals surface area contributed by atoms with Crippen molar-refractivity contribution in [3.05, 3.63) is 36.4 Å². The number of aromatic nitrogens is 2. The number of methoxy groups -OCH3 is 2. The zero-order valence-electron chi connectivity index (χ0n) is 13.0. The van der Waals surface area contributed by atoms with Crippen molar-refractivity contribution < 1.29 is 9.47 Å². The molecule has 1 heterocycles. The van der Waals surface area contributed by atoms with E-state index in [1.54, 1.807) is 14.2 Å². The fraction of sp³-hybridized carbons (Fsp3) is 0.375. The van der Waals surface area contributed by atoms with Crippen molar-refractivity contribution in [1.29, 1.82) is 0 Å². The average Bonchev–Trinajstić information content (AvgIpc) is 2.56. The molecule has 0 fully saturated rings. The normalized spacial score (nSPS) is 10.5. The summed E-state index contributed by atoms with van der Waals surface area (Å²) in [4.78, 5) is 9.01. The summed E-state index contributed by atoms with van der Waals surface area (Å²) >= 11 is 0. The molecule has 0 aliphatic rings. The van der Waals surface area contributed by atoms with Gasteiger partial charge < -0.3 is 20.1 Å². The molecule has 22 heavy (non-hydrogen) atoms. The molecule has 2 aromatic rings. The molecule has 0 atom stereocenters. The van der Waals surface area contributed by atoms with E-state index in [0.29, 0.717) is 32.3 Å². The van der Waals surface area contributed by atoms with Crippen molar-refractivity contribution in [3.63, 3.8) is 0 Å². The van der Waals surface area contributed by atoms with E-state index in [1.165, 1.54) is 0 Å². The molecule has 0 radical (unpaired) electrons. The Labute approximate surface area is 130 Å². The Morgan fingerprint density at radius 3 is 2.27 bits per heavy atom. The molecular formula is C16H22N4O2. The standard InChI is InChI=1S/C16H22N4O2/c1-21-10-8-17-15-12-14(13-6-4-3-5-7-13)19-16(20-15)18-9-11-22-2/h3-7,12H,8-11H2,1-2H3,(H2,17,18,19,20). The number of hydrogen-bond donors (Lipinski definition) is 2. The Kier molecular flexibility index (Phi) is 6.60. The summed E-state index contributed by atoms with van der Waals surface area (Å²) in [6, 6.07) is 12.0. The molecule has 2 N–H and O–H groups in total. The molecule has 1 aromatic heterocycles. The molecule has 0 aliphatic heterocycles. The van der Waals surface area contributed by atoms with Crippen LogP contribution in [0.25, 0.3) is 11.3 Å². The number of nitrogens with one attached hydrogen (secondary N) is 2. The van der Waals surface area contributed by atoms with Gasteiger partial charge in [0.15, 0.2) is 0 Å². The summed E-state index contributed by atoms with van der Waals surface area (Å²) in [6.07, 6.45) is 0. The first kappa shape index (κ1) is 16.2. The lowest BCUT2D eigenvalue weighted by atomic mass is 10.1. The highest BCUT2D eigenvalue weighted by Crippen LogP contribution is 2.21. The van der Waals surface area contributed by atoms with Crippen molar-refractivity contribution in [3.8, 4) is 11.3 Å². The number of hydrogen-bond acceptors (Lipinski definition) is 6. The number of benzene rings is 1. The van der Waals surface area contributed by atoms with Crippen LogP contribution in [0, 0.1) is 0 Å². The molecule has 0 saturated carbocycles. The van der Waals surface area contributed by atoms with Crippen LogP contribution in [0.4, 0.5) is 11.8 Å². The van der Waals surface area contributed by atoms with Gasteiger partial charge in [0, 0.05) is 38.9 Å². The van der Waals surface area contributed by atoms with E-state index in [9.17, 15) is 0 Å². The fourth-order valence-corrected chi connectivity index (χ4v) is 1.92. The second kappa shape index (κ2) is 8.96. The van der Waals surface area contributed by atoms with Crippen LogP contribution in [0.5, 0.6) is 0 Å². The third-order valence-corrected chi connectivity index (χ3v) is 3.00. The summed E-state index contributed by atoms with van der Waals surface area (Å²) in [6.45, 7) is 2.58. The van der Waals surface area contributed by atoms with Crippen molar-refractivity contribution in [2.45, 2.75) is 0 Å². The van der Waals surface area contributed by atoms with Crippen LogP contribution in [0.2, 0.25) is 0 Å². The zero-order valence-corrected chi connectivity index (χ0v) is 13.0. The van der Waals surface area contributed by atoms with Gasteiger partial charge in [0.1, 0.15) is 5.82 Å². The Morgan fingerprint density at radius 2 is 1.59 bits per heavy atom. The monoisotopic (exact) mass is 302 g/mol. The molecule has 0 bridgehead atoms. The van der Waals surface area contributed by atoms with Crippen LogP contribution < -0.4 is 10.6 Å². The molecule has 1 aromatic carbocycles. The Bertz CT molecular complexity index is 535. The molecule has 2 rings (SSSR count). The minimum Gasteiger partial charge on any atom is -0.383 e. The van der Waals surface area contributed by atoms with Crippen LogP contribution in [0.1, 0.15) is 0 Å². The summed E-state index contributed by atoms with van der Waals surface area (Å²) in [5.74, 6) is 1.35. The molecular weight excluding hydrogens is 280 g/mol. The second-order valence-corrected chi connectivity index (χ2v) is 4.67. The van der Waals surface area contributed by atoms with Crippen molar-refractivity contribution in [2.24, 2.45) is 0 Å². The van der Waals surface area contributed by atoms with E-state index in [2.05, 4.69) is 20.6 Å². The summed E-state index contributed by atoms with van der Waals surface area (Å²) in [5.41, 5.74) is 1.92. The second-order valence-electron chi connectivity index (χ2n) is 4.67. The van der Waals surface area contributed by atoms with Gasteiger partial charge in [0.2, 0.25) is 5.95 Å². The van der Waals surface area contributed by atoms with E-state index in [-0.39, 0.29) is 0 Å². The van der Waals surface area contributed by atoms with E-state index < -0.39 is 0 Å². The van der Waals surface area contributed by atoms with Gasteiger partial charge in [-0.15, -0.1) is 0 Å². The largest absolute Gasteiger partial charge is 0.383 e. The zero-order chi connectivity index (χ0) is 15.6. The molecule has 0 saturated heterocycles. The van der Waals surface area contributed by atoms with Gasteiger partial charge in [0.25, 0.3) is 0 Å². The predicted molar refractivity (Wildman–Crippen MR) is 88.2 cm³/mol. The lowest BCUT2D eigenvalue weighted by Gasteiger charge is -2.11. The maximum atomic E-state index is 5.05. The highest BCUT2D eigenvalue weighted by molar-refractivity contribution is 5.64. The average molecular weight is 302 g/mol. The molecule has 0 spiro atoms. The lowest BCUT2D eigenvalue weighted by molar-refractivity contribution is 0.210. The minimum atomic E-state index is 0.582. The minimum absolute atomic E-state index is 0.582. The van der Waals surface area contributed by atoms with E-state index >= 15 is 0 Å². The van der Waals surface area contributed by atoms with E-state index in [1.807, 2.05) is 36.4 Å². The van der Waals surface area contributed by atoms with Crippen LogP contribution in [-0.2, 0) is 9.47 Å². The number of nitrogens with zero attached hydrogens (tertiary/aromatic N) is 2. The first-order valence-corrected chi connectivity index (χ1v) is 7.23. The van der Waals surface area contributed by atoms with Gasteiger partial charge >= 0.3 is 0 Å². The SMILES string of the molecule is COCCNc1cc(-c2ccccc2)nc(NCCOC)n1. The highest BCUT2D eigenvalue weighted by atomic mass is 16.5. The quantitative estimate of drug-likeness (QED) is 0.693. The molecule has 0 amide bonds. The third kappa shape index (κ3) is 4.98. The van der Waals surface area contributed by atoms with E-state index in [0.717, 1.165) is 17.1 Å². The molecule has 118 valence electrons. The fourth-order valence-electron chi connectivity index (χ4n) is 1.92.